The van der Waals surface area contributed by atoms with Gasteiger partial charge in [-0.3, -0.25) is 14.9 Å². The van der Waals surface area contributed by atoms with Gasteiger partial charge in [0.05, 0.1) is 16.9 Å². The fraction of sp³-hybridized carbons (Fsp3) is 0.227. The number of nitrogens with one attached hydrogen (secondary N) is 2. The number of aryl methyl sites for hydroxylation is 2. The van der Waals surface area contributed by atoms with Crippen LogP contribution in [0.15, 0.2) is 58.3 Å². The molecule has 4 aromatic rings. The highest BCUT2D eigenvalue weighted by Gasteiger charge is 2.14. The van der Waals surface area contributed by atoms with Crippen LogP contribution in [-0.2, 0) is 12.8 Å². The van der Waals surface area contributed by atoms with Gasteiger partial charge in [-0.15, -0.1) is 10.2 Å². The van der Waals surface area contributed by atoms with E-state index in [1.165, 1.54) is 0 Å². The molecule has 0 fully saturated rings. The van der Waals surface area contributed by atoms with Crippen molar-refractivity contribution < 1.29 is 0 Å². The minimum absolute atomic E-state index is 0.138. The highest BCUT2D eigenvalue weighted by atomic mass is 16.1. The SMILES string of the molecule is CCCc1[nH]n(-c2cccc(-c3nn[nH]n3)c2)c(=O)c1C=Nc1ccccc1CC. The molecule has 2 heterocycles. The molecule has 4 rings (SSSR count). The van der Waals surface area contributed by atoms with Crippen LogP contribution in [0, 0.1) is 0 Å². The van der Waals surface area contributed by atoms with E-state index >= 15 is 0 Å². The summed E-state index contributed by atoms with van der Waals surface area (Å²) in [5.41, 5.74) is 4.81. The van der Waals surface area contributed by atoms with E-state index in [9.17, 15) is 4.79 Å². The lowest BCUT2D eigenvalue weighted by Gasteiger charge is -2.03. The summed E-state index contributed by atoms with van der Waals surface area (Å²) >= 11 is 0. The summed E-state index contributed by atoms with van der Waals surface area (Å²) < 4.78 is 1.54. The summed E-state index contributed by atoms with van der Waals surface area (Å²) in [6, 6.07) is 15.4. The maximum absolute atomic E-state index is 13.2. The maximum atomic E-state index is 13.2. The number of rotatable bonds is 7. The number of benzene rings is 2. The van der Waals surface area contributed by atoms with Gasteiger partial charge in [-0.2, -0.15) is 5.21 Å². The summed E-state index contributed by atoms with van der Waals surface area (Å²) in [4.78, 5) is 17.9. The molecule has 0 aliphatic heterocycles. The third-order valence-electron chi connectivity index (χ3n) is 4.92. The van der Waals surface area contributed by atoms with Crippen molar-refractivity contribution in [2.45, 2.75) is 33.1 Å². The molecule has 0 aliphatic carbocycles. The van der Waals surface area contributed by atoms with Crippen molar-refractivity contribution in [2.75, 3.05) is 0 Å². The summed E-state index contributed by atoms with van der Waals surface area (Å²) in [7, 11) is 0. The van der Waals surface area contributed by atoms with E-state index in [0.717, 1.165) is 41.8 Å². The number of H-pyrrole nitrogens is 2. The van der Waals surface area contributed by atoms with Gasteiger partial charge in [-0.05, 0) is 41.8 Å². The lowest BCUT2D eigenvalue weighted by atomic mass is 10.1. The van der Waals surface area contributed by atoms with E-state index in [1.54, 1.807) is 10.9 Å². The zero-order valence-corrected chi connectivity index (χ0v) is 17.0. The molecule has 0 aliphatic rings. The number of para-hydroxylation sites is 1. The van der Waals surface area contributed by atoms with Crippen LogP contribution in [0.3, 0.4) is 0 Å². The molecule has 30 heavy (non-hydrogen) atoms. The van der Waals surface area contributed by atoms with E-state index in [0.29, 0.717) is 17.1 Å². The summed E-state index contributed by atoms with van der Waals surface area (Å²) in [5.74, 6) is 0.475. The minimum Gasteiger partial charge on any atom is -0.294 e. The number of aliphatic imine (C=N–C) groups is 1. The molecule has 0 saturated carbocycles. The fourth-order valence-corrected chi connectivity index (χ4v) is 3.39. The van der Waals surface area contributed by atoms with E-state index in [2.05, 4.69) is 50.6 Å². The van der Waals surface area contributed by atoms with Crippen molar-refractivity contribution in [1.82, 2.24) is 30.4 Å². The Morgan fingerprint density at radius 3 is 2.77 bits per heavy atom. The van der Waals surface area contributed by atoms with Crippen LogP contribution < -0.4 is 5.56 Å². The second-order valence-electron chi connectivity index (χ2n) is 6.92. The number of aromatic amines is 2. The van der Waals surface area contributed by atoms with Gasteiger partial charge in [0, 0.05) is 17.5 Å². The van der Waals surface area contributed by atoms with Gasteiger partial charge in [0.25, 0.3) is 5.56 Å². The van der Waals surface area contributed by atoms with Crippen molar-refractivity contribution in [3.8, 4) is 17.1 Å². The molecule has 0 spiro atoms. The Kier molecular flexibility index (Phi) is 5.65. The standard InChI is InChI=1S/C22H23N7O/c1-3-8-20-18(14-23-19-12-6-5-9-15(19)4-2)22(30)29(26-20)17-11-7-10-16(13-17)21-24-27-28-25-21/h5-7,9-14,26H,3-4,8H2,1-2H3,(H,24,25,27,28). The highest BCUT2D eigenvalue weighted by molar-refractivity contribution is 5.83. The van der Waals surface area contributed by atoms with Gasteiger partial charge in [-0.25, -0.2) is 4.68 Å². The Morgan fingerprint density at radius 1 is 1.13 bits per heavy atom. The van der Waals surface area contributed by atoms with E-state index in [4.69, 9.17) is 0 Å². The van der Waals surface area contributed by atoms with Crippen molar-refractivity contribution in [3.05, 3.63) is 75.7 Å². The van der Waals surface area contributed by atoms with Gasteiger partial charge in [0.2, 0.25) is 5.82 Å². The topological polar surface area (TPSA) is 105 Å². The van der Waals surface area contributed by atoms with Gasteiger partial charge in [0.1, 0.15) is 0 Å². The van der Waals surface area contributed by atoms with Crippen molar-refractivity contribution in [2.24, 2.45) is 4.99 Å². The van der Waals surface area contributed by atoms with Crippen molar-refractivity contribution in [3.63, 3.8) is 0 Å². The smallest absolute Gasteiger partial charge is 0.280 e. The quantitative estimate of drug-likeness (QED) is 0.462. The summed E-state index contributed by atoms with van der Waals surface area (Å²) in [6.07, 6.45) is 4.23. The monoisotopic (exact) mass is 401 g/mol. The first-order valence-electron chi connectivity index (χ1n) is 10.0. The van der Waals surface area contributed by atoms with Crippen molar-refractivity contribution >= 4 is 11.9 Å². The van der Waals surface area contributed by atoms with Crippen LogP contribution in [0.4, 0.5) is 5.69 Å². The van der Waals surface area contributed by atoms with E-state index in [-0.39, 0.29) is 5.56 Å². The average molecular weight is 401 g/mol. The molecule has 8 nitrogen and oxygen atoms in total. The Bertz CT molecular complexity index is 1220. The average Bonchev–Trinajstić information content (AvgIpc) is 3.42. The minimum atomic E-state index is -0.138. The number of hydrogen-bond donors (Lipinski definition) is 2. The lowest BCUT2D eigenvalue weighted by Crippen LogP contribution is -2.17. The molecule has 2 aromatic heterocycles. The predicted octanol–water partition coefficient (Wildman–Crippen LogP) is 3.61. The molecule has 0 atom stereocenters. The molecule has 0 radical (unpaired) electrons. The molecule has 0 bridgehead atoms. The molecule has 2 N–H and O–H groups in total. The molecule has 0 unspecified atom stereocenters. The van der Waals surface area contributed by atoms with E-state index in [1.807, 2.05) is 42.5 Å². The summed E-state index contributed by atoms with van der Waals surface area (Å²) in [5, 5.41) is 17.3. The fourth-order valence-electron chi connectivity index (χ4n) is 3.39. The normalized spacial score (nSPS) is 11.4. The van der Waals surface area contributed by atoms with Gasteiger partial charge in [0.15, 0.2) is 0 Å². The lowest BCUT2D eigenvalue weighted by molar-refractivity contribution is 0.793. The molecular formula is C22H23N7O. The zero-order chi connectivity index (χ0) is 20.9. The van der Waals surface area contributed by atoms with Crippen LogP contribution in [0.25, 0.3) is 17.1 Å². The molecule has 0 saturated heterocycles. The first kappa shape index (κ1) is 19.5. The molecular weight excluding hydrogens is 378 g/mol. The van der Waals surface area contributed by atoms with Crippen molar-refractivity contribution in [1.29, 1.82) is 0 Å². The molecule has 0 amide bonds. The van der Waals surface area contributed by atoms with Gasteiger partial charge in [-0.1, -0.05) is 50.6 Å². The Balaban J connectivity index is 1.76. The second-order valence-corrected chi connectivity index (χ2v) is 6.92. The number of hydrogen-bond acceptors (Lipinski definition) is 5. The molecule has 152 valence electrons. The molecule has 2 aromatic carbocycles. The Labute approximate surface area is 173 Å². The number of tetrazole rings is 1. The van der Waals surface area contributed by atoms with E-state index < -0.39 is 0 Å². The maximum Gasteiger partial charge on any atom is 0.280 e. The van der Waals surface area contributed by atoms with Crippen LogP contribution >= 0.6 is 0 Å². The summed E-state index contributed by atoms with van der Waals surface area (Å²) in [6.45, 7) is 4.18. The highest BCUT2D eigenvalue weighted by Crippen LogP contribution is 2.20. The third-order valence-corrected chi connectivity index (χ3v) is 4.92. The van der Waals surface area contributed by atoms with Crippen LogP contribution in [-0.4, -0.2) is 36.6 Å². The zero-order valence-electron chi connectivity index (χ0n) is 17.0. The second kappa shape index (κ2) is 8.69. The third kappa shape index (κ3) is 3.84. The number of nitrogens with zero attached hydrogens (tertiary/aromatic N) is 5. The predicted molar refractivity (Wildman–Crippen MR) is 117 cm³/mol. The number of aromatic nitrogens is 6. The molecule has 8 heteroatoms. The largest absolute Gasteiger partial charge is 0.294 e. The van der Waals surface area contributed by atoms with Crippen LogP contribution in [0.5, 0.6) is 0 Å². The van der Waals surface area contributed by atoms with Crippen LogP contribution in [0.1, 0.15) is 37.1 Å². The van der Waals surface area contributed by atoms with Gasteiger partial charge >= 0.3 is 0 Å². The van der Waals surface area contributed by atoms with Gasteiger partial charge < -0.3 is 0 Å². The Morgan fingerprint density at radius 2 is 2.00 bits per heavy atom. The first-order chi connectivity index (χ1) is 14.7. The Hall–Kier alpha value is -3.81. The van der Waals surface area contributed by atoms with Crippen LogP contribution in [0.2, 0.25) is 0 Å². The first-order valence-corrected chi connectivity index (χ1v) is 10.0.